The first-order valence-corrected chi connectivity index (χ1v) is 2.59. The second kappa shape index (κ2) is 4.09. The fourth-order valence-electron chi connectivity index (χ4n) is 0.397. The van der Waals surface area contributed by atoms with Crippen LogP contribution in [0.5, 0.6) is 0 Å². The van der Waals surface area contributed by atoms with E-state index in [9.17, 15) is 0 Å². The molecule has 0 aromatic heterocycles. The molecule has 0 aliphatic heterocycles. The standard InChI is InChI=1S/C5H12NO/c1-5(6)3-2-4-7/h5-7H,2-4H2,1H3. The van der Waals surface area contributed by atoms with E-state index >= 15 is 0 Å². The van der Waals surface area contributed by atoms with Crippen molar-refractivity contribution in [2.45, 2.75) is 25.8 Å². The van der Waals surface area contributed by atoms with Crippen LogP contribution >= 0.6 is 0 Å². The Hall–Kier alpha value is -0.0800. The van der Waals surface area contributed by atoms with Gasteiger partial charge in [0, 0.05) is 12.6 Å². The van der Waals surface area contributed by atoms with Gasteiger partial charge in [0.05, 0.1) is 0 Å². The highest BCUT2D eigenvalue weighted by atomic mass is 16.2. The first-order valence-electron chi connectivity index (χ1n) is 2.59. The highest BCUT2D eigenvalue weighted by Crippen LogP contribution is 1.91. The molecule has 0 bridgehead atoms. The lowest BCUT2D eigenvalue weighted by molar-refractivity contribution is 0.280. The molecule has 1 radical (unpaired) electrons. The molecule has 0 aromatic rings. The van der Waals surface area contributed by atoms with Crippen LogP contribution in [0.15, 0.2) is 0 Å². The molecule has 0 spiro atoms. The van der Waals surface area contributed by atoms with Gasteiger partial charge in [0.15, 0.2) is 0 Å². The van der Waals surface area contributed by atoms with Crippen LogP contribution in [0.25, 0.3) is 0 Å². The molecule has 43 valence electrons. The van der Waals surface area contributed by atoms with Crippen molar-refractivity contribution < 1.29 is 5.11 Å². The summed E-state index contributed by atoms with van der Waals surface area (Å²) >= 11 is 0. The van der Waals surface area contributed by atoms with Crippen molar-refractivity contribution in [3.05, 3.63) is 0 Å². The van der Waals surface area contributed by atoms with E-state index in [1.807, 2.05) is 6.92 Å². The Morgan fingerprint density at radius 1 is 1.71 bits per heavy atom. The lowest BCUT2D eigenvalue weighted by Gasteiger charge is -1.97. The molecule has 0 rings (SSSR count). The zero-order chi connectivity index (χ0) is 5.70. The van der Waals surface area contributed by atoms with Crippen LogP contribution in [0, 0.1) is 0 Å². The molecule has 2 heteroatoms. The molecule has 0 saturated heterocycles. The number of aliphatic hydroxyl groups is 1. The summed E-state index contributed by atoms with van der Waals surface area (Å²) in [6, 6.07) is -0.00727. The first kappa shape index (κ1) is 6.92. The van der Waals surface area contributed by atoms with Crippen molar-refractivity contribution >= 4 is 0 Å². The maximum Gasteiger partial charge on any atom is 0.0431 e. The van der Waals surface area contributed by atoms with E-state index in [1.165, 1.54) is 0 Å². The van der Waals surface area contributed by atoms with E-state index in [1.54, 1.807) is 0 Å². The summed E-state index contributed by atoms with van der Waals surface area (Å²) < 4.78 is 0. The predicted molar refractivity (Wildman–Crippen MR) is 28.9 cm³/mol. The maximum absolute atomic E-state index is 8.23. The summed E-state index contributed by atoms with van der Waals surface area (Å²) in [7, 11) is 0. The van der Waals surface area contributed by atoms with Gasteiger partial charge < -0.3 is 5.11 Å². The van der Waals surface area contributed by atoms with Gasteiger partial charge in [-0.15, -0.1) is 0 Å². The van der Waals surface area contributed by atoms with E-state index in [2.05, 4.69) is 0 Å². The van der Waals surface area contributed by atoms with Crippen molar-refractivity contribution in [3.8, 4) is 0 Å². The predicted octanol–water partition coefficient (Wildman–Crippen LogP) is 0.430. The minimum atomic E-state index is -0.00727. The molecule has 1 atom stereocenters. The Balaban J connectivity index is 2.68. The van der Waals surface area contributed by atoms with Gasteiger partial charge in [0.1, 0.15) is 0 Å². The Morgan fingerprint density at radius 2 is 2.29 bits per heavy atom. The number of hydrogen-bond acceptors (Lipinski definition) is 1. The van der Waals surface area contributed by atoms with Crippen LogP contribution < -0.4 is 5.73 Å². The first-order chi connectivity index (χ1) is 3.27. The summed E-state index contributed by atoms with van der Waals surface area (Å²) in [6.45, 7) is 2.05. The highest BCUT2D eigenvalue weighted by Gasteiger charge is 1.90. The van der Waals surface area contributed by atoms with Crippen LogP contribution in [0.3, 0.4) is 0 Å². The Bertz CT molecular complexity index is 37.1. The molecule has 0 saturated carbocycles. The lowest BCUT2D eigenvalue weighted by atomic mass is 10.2. The zero-order valence-corrected chi connectivity index (χ0v) is 4.65. The third kappa shape index (κ3) is 5.92. The quantitative estimate of drug-likeness (QED) is 0.551. The van der Waals surface area contributed by atoms with Gasteiger partial charge in [-0.2, -0.15) is 0 Å². The largest absolute Gasteiger partial charge is 0.396 e. The number of hydrogen-bond donors (Lipinski definition) is 1. The second-order valence-electron chi connectivity index (χ2n) is 1.77. The van der Waals surface area contributed by atoms with Crippen molar-refractivity contribution in [1.82, 2.24) is 5.73 Å². The van der Waals surface area contributed by atoms with E-state index in [0.29, 0.717) is 0 Å². The molecule has 0 aromatic carbocycles. The molecule has 0 fully saturated rings. The fraction of sp³-hybridized carbons (Fsp3) is 1.00. The molecule has 0 aliphatic carbocycles. The summed E-state index contributed by atoms with van der Waals surface area (Å²) in [6.07, 6.45) is 1.58. The van der Waals surface area contributed by atoms with Crippen LogP contribution in [-0.4, -0.2) is 17.8 Å². The number of aliphatic hydroxyl groups excluding tert-OH is 1. The summed E-state index contributed by atoms with van der Waals surface area (Å²) in [5, 5.41) is 8.23. The van der Waals surface area contributed by atoms with Crippen LogP contribution in [0.4, 0.5) is 0 Å². The summed E-state index contributed by atoms with van der Waals surface area (Å²) in [5.41, 5.74) is 6.97. The normalized spacial score (nSPS) is 14.1. The molecule has 2 N–H and O–H groups in total. The molecule has 0 amide bonds. The molecule has 0 aliphatic rings. The topological polar surface area (TPSA) is 44.0 Å². The number of nitrogens with one attached hydrogen (secondary N) is 1. The molecule has 0 heterocycles. The highest BCUT2D eigenvalue weighted by molar-refractivity contribution is 4.49. The average molecular weight is 102 g/mol. The third-order valence-corrected chi connectivity index (χ3v) is 0.795. The van der Waals surface area contributed by atoms with Crippen molar-refractivity contribution in [1.29, 1.82) is 0 Å². The van der Waals surface area contributed by atoms with Crippen LogP contribution in [0.1, 0.15) is 19.8 Å². The zero-order valence-electron chi connectivity index (χ0n) is 4.65. The monoisotopic (exact) mass is 102 g/mol. The molecule has 2 nitrogen and oxygen atoms in total. The van der Waals surface area contributed by atoms with E-state index in [4.69, 9.17) is 10.8 Å². The summed E-state index contributed by atoms with van der Waals surface area (Å²) in [5.74, 6) is 0. The third-order valence-electron chi connectivity index (χ3n) is 0.795. The molecular formula is C5H12NO. The fourth-order valence-corrected chi connectivity index (χ4v) is 0.397. The van der Waals surface area contributed by atoms with E-state index in [0.717, 1.165) is 12.8 Å². The van der Waals surface area contributed by atoms with Gasteiger partial charge in [0.2, 0.25) is 0 Å². The van der Waals surface area contributed by atoms with E-state index in [-0.39, 0.29) is 12.6 Å². The summed E-state index contributed by atoms with van der Waals surface area (Å²) in [4.78, 5) is 0. The Morgan fingerprint density at radius 3 is 2.43 bits per heavy atom. The molecule has 1 unspecified atom stereocenters. The van der Waals surface area contributed by atoms with E-state index < -0.39 is 0 Å². The van der Waals surface area contributed by atoms with Crippen molar-refractivity contribution in [3.63, 3.8) is 0 Å². The Labute approximate surface area is 44.3 Å². The smallest absolute Gasteiger partial charge is 0.0431 e. The van der Waals surface area contributed by atoms with Crippen LogP contribution in [0.2, 0.25) is 0 Å². The lowest BCUT2D eigenvalue weighted by Crippen LogP contribution is -2.02. The SMILES string of the molecule is CC([NH])CCCO. The molecular weight excluding hydrogens is 90.1 g/mol. The van der Waals surface area contributed by atoms with Crippen LogP contribution in [-0.2, 0) is 0 Å². The van der Waals surface area contributed by atoms with Gasteiger partial charge in [-0.25, -0.2) is 0 Å². The van der Waals surface area contributed by atoms with Gasteiger partial charge in [0.25, 0.3) is 0 Å². The van der Waals surface area contributed by atoms with Gasteiger partial charge >= 0.3 is 0 Å². The average Bonchev–Trinajstić information content (AvgIpc) is 1.61. The number of rotatable bonds is 3. The van der Waals surface area contributed by atoms with Gasteiger partial charge in [-0.3, -0.25) is 5.73 Å². The van der Waals surface area contributed by atoms with Gasteiger partial charge in [-0.05, 0) is 19.8 Å². The maximum atomic E-state index is 8.23. The van der Waals surface area contributed by atoms with Crippen molar-refractivity contribution in [2.75, 3.05) is 6.61 Å². The molecule has 7 heavy (non-hydrogen) atoms. The minimum Gasteiger partial charge on any atom is -0.396 e. The minimum absolute atomic E-state index is 0.00727. The second-order valence-corrected chi connectivity index (χ2v) is 1.77. The van der Waals surface area contributed by atoms with Gasteiger partial charge in [-0.1, -0.05) is 0 Å². The Kier molecular flexibility index (Phi) is 4.04. The van der Waals surface area contributed by atoms with Crippen molar-refractivity contribution in [2.24, 2.45) is 0 Å².